The highest BCUT2D eigenvalue weighted by Gasteiger charge is 2.24. The number of carbonyl (C=O) groups is 1. The van der Waals surface area contributed by atoms with Crippen LogP contribution in [0.1, 0.15) is 12.0 Å². The van der Waals surface area contributed by atoms with Gasteiger partial charge in [0.1, 0.15) is 0 Å². The second kappa shape index (κ2) is 6.64. The Hall–Kier alpha value is -2.13. The molecule has 25 heavy (non-hydrogen) atoms. The maximum Gasteiger partial charge on any atom is 0.419 e. The van der Waals surface area contributed by atoms with E-state index in [0.29, 0.717) is 43.7 Å². The Kier molecular flexibility index (Phi) is 4.70. The molecule has 0 N–H and O–H groups in total. The lowest BCUT2D eigenvalue weighted by atomic mass is 10.1. The third kappa shape index (κ3) is 3.77. The number of oxazole rings is 1. The van der Waals surface area contributed by atoms with E-state index in [9.17, 15) is 18.0 Å². The fraction of sp³-hybridized carbons (Fsp3) is 0.500. The van der Waals surface area contributed by atoms with Gasteiger partial charge >= 0.3 is 5.76 Å². The van der Waals surface area contributed by atoms with E-state index in [-0.39, 0.29) is 12.3 Å². The molecule has 9 heteroatoms. The van der Waals surface area contributed by atoms with Crippen molar-refractivity contribution in [3.8, 4) is 0 Å². The monoisotopic (exact) mass is 367 g/mol. The summed E-state index contributed by atoms with van der Waals surface area (Å²) in [5.41, 5.74) is 1.93. The smallest absolute Gasteiger partial charge is 0.408 e. The van der Waals surface area contributed by atoms with Crippen LogP contribution in [0.15, 0.2) is 27.4 Å². The van der Waals surface area contributed by atoms with E-state index < -0.39 is 15.8 Å². The summed E-state index contributed by atoms with van der Waals surface area (Å²) in [5.74, 6) is -0.491. The zero-order valence-corrected chi connectivity index (χ0v) is 15.1. The molecule has 1 aromatic carbocycles. The summed E-state index contributed by atoms with van der Waals surface area (Å²) in [4.78, 5) is 25.8. The standard InChI is InChI=1S/C16H21N3O5S/c1-17-13-10-12(4-5-14(13)24-16(17)21)11-15(20)18-6-3-7-19(9-8-18)25(2,22)23/h4-5,10H,3,6-9,11H2,1-2H3. The van der Waals surface area contributed by atoms with Crippen LogP contribution in [0.25, 0.3) is 11.1 Å². The van der Waals surface area contributed by atoms with Crippen molar-refractivity contribution in [2.45, 2.75) is 12.8 Å². The maximum atomic E-state index is 12.6. The fourth-order valence-corrected chi connectivity index (χ4v) is 3.92. The van der Waals surface area contributed by atoms with Crippen LogP contribution in [0, 0.1) is 0 Å². The number of fused-ring (bicyclic) bond motifs is 1. The number of sulfonamides is 1. The van der Waals surface area contributed by atoms with Gasteiger partial charge in [-0.2, -0.15) is 0 Å². The Morgan fingerprint density at radius 2 is 1.96 bits per heavy atom. The van der Waals surface area contributed by atoms with Crippen molar-refractivity contribution in [3.63, 3.8) is 0 Å². The van der Waals surface area contributed by atoms with E-state index in [0.717, 1.165) is 5.56 Å². The van der Waals surface area contributed by atoms with Crippen LogP contribution in [-0.4, -0.2) is 60.5 Å². The molecule has 1 aliphatic rings. The molecule has 1 aromatic heterocycles. The van der Waals surface area contributed by atoms with Crippen molar-refractivity contribution < 1.29 is 17.6 Å². The van der Waals surface area contributed by atoms with Gasteiger partial charge in [-0.3, -0.25) is 9.36 Å². The van der Waals surface area contributed by atoms with Crippen LogP contribution in [-0.2, 0) is 28.3 Å². The molecule has 2 heterocycles. The Bertz CT molecular complexity index is 960. The first-order valence-corrected chi connectivity index (χ1v) is 9.92. The molecule has 1 fully saturated rings. The van der Waals surface area contributed by atoms with Crippen molar-refractivity contribution >= 4 is 27.0 Å². The number of carbonyl (C=O) groups excluding carboxylic acids is 1. The second-order valence-electron chi connectivity index (χ2n) is 6.30. The van der Waals surface area contributed by atoms with Gasteiger partial charge in [0.25, 0.3) is 0 Å². The van der Waals surface area contributed by atoms with Gasteiger partial charge < -0.3 is 9.32 Å². The molecule has 1 amide bonds. The van der Waals surface area contributed by atoms with E-state index in [4.69, 9.17) is 4.42 Å². The largest absolute Gasteiger partial charge is 0.419 e. The van der Waals surface area contributed by atoms with E-state index in [1.807, 2.05) is 0 Å². The first-order valence-electron chi connectivity index (χ1n) is 8.07. The summed E-state index contributed by atoms with van der Waals surface area (Å²) in [6.07, 6.45) is 2.01. The summed E-state index contributed by atoms with van der Waals surface area (Å²) in [7, 11) is -1.61. The zero-order chi connectivity index (χ0) is 18.2. The van der Waals surface area contributed by atoms with Crippen LogP contribution in [0.4, 0.5) is 0 Å². The fourth-order valence-electron chi connectivity index (χ4n) is 3.04. The SMILES string of the molecule is Cn1c(=O)oc2ccc(CC(=O)N3CCCN(S(C)(=O)=O)CC3)cc21. The first kappa shape index (κ1) is 17.7. The molecule has 0 spiro atoms. The Morgan fingerprint density at radius 3 is 2.68 bits per heavy atom. The molecule has 0 saturated carbocycles. The van der Waals surface area contributed by atoms with Gasteiger partial charge in [0, 0.05) is 33.2 Å². The highest BCUT2D eigenvalue weighted by Crippen LogP contribution is 2.16. The van der Waals surface area contributed by atoms with Gasteiger partial charge in [0.2, 0.25) is 15.9 Å². The minimum atomic E-state index is -3.23. The van der Waals surface area contributed by atoms with Crippen LogP contribution in [0.3, 0.4) is 0 Å². The predicted octanol–water partition coefficient (Wildman–Crippen LogP) is 0.168. The first-order chi connectivity index (χ1) is 11.8. The van der Waals surface area contributed by atoms with E-state index in [2.05, 4.69) is 0 Å². The van der Waals surface area contributed by atoms with Gasteiger partial charge in [-0.05, 0) is 24.1 Å². The number of nitrogens with zero attached hydrogens (tertiary/aromatic N) is 3. The topological polar surface area (TPSA) is 92.8 Å². The van der Waals surface area contributed by atoms with Crippen LogP contribution in [0.5, 0.6) is 0 Å². The van der Waals surface area contributed by atoms with Crippen molar-refractivity contribution in [2.75, 3.05) is 32.4 Å². The quantitative estimate of drug-likeness (QED) is 0.771. The van der Waals surface area contributed by atoms with Crippen molar-refractivity contribution in [1.29, 1.82) is 0 Å². The molecule has 2 aromatic rings. The van der Waals surface area contributed by atoms with Gasteiger partial charge in [-0.1, -0.05) is 6.07 Å². The number of benzene rings is 1. The summed E-state index contributed by atoms with van der Waals surface area (Å²) in [6.45, 7) is 1.68. The molecule has 0 bridgehead atoms. The predicted molar refractivity (Wildman–Crippen MR) is 92.8 cm³/mol. The van der Waals surface area contributed by atoms with Gasteiger partial charge in [0.15, 0.2) is 5.58 Å². The number of aromatic nitrogens is 1. The lowest BCUT2D eigenvalue weighted by Crippen LogP contribution is -2.37. The number of hydrogen-bond donors (Lipinski definition) is 0. The molecule has 8 nitrogen and oxygen atoms in total. The average Bonchev–Trinajstić information content (AvgIpc) is 2.74. The molecular formula is C16H21N3O5S. The van der Waals surface area contributed by atoms with Gasteiger partial charge in [0.05, 0.1) is 18.2 Å². The molecule has 1 aliphatic heterocycles. The highest BCUT2D eigenvalue weighted by molar-refractivity contribution is 7.88. The van der Waals surface area contributed by atoms with Gasteiger partial charge in [-0.15, -0.1) is 0 Å². The molecule has 0 atom stereocenters. The maximum absolute atomic E-state index is 12.6. The van der Waals surface area contributed by atoms with Crippen LogP contribution >= 0.6 is 0 Å². The van der Waals surface area contributed by atoms with Crippen LogP contribution in [0.2, 0.25) is 0 Å². The van der Waals surface area contributed by atoms with E-state index in [1.54, 1.807) is 30.1 Å². The van der Waals surface area contributed by atoms with Crippen molar-refractivity contribution in [3.05, 3.63) is 34.3 Å². The number of aryl methyl sites for hydroxylation is 1. The highest BCUT2D eigenvalue weighted by atomic mass is 32.2. The Morgan fingerprint density at radius 1 is 1.20 bits per heavy atom. The molecule has 0 radical (unpaired) electrons. The summed E-state index contributed by atoms with van der Waals surface area (Å²) in [5, 5.41) is 0. The van der Waals surface area contributed by atoms with E-state index >= 15 is 0 Å². The van der Waals surface area contributed by atoms with E-state index in [1.165, 1.54) is 15.1 Å². The third-order valence-corrected chi connectivity index (χ3v) is 5.79. The Labute approximate surface area is 145 Å². The second-order valence-corrected chi connectivity index (χ2v) is 8.28. The van der Waals surface area contributed by atoms with Crippen LogP contribution < -0.4 is 5.76 Å². The molecule has 3 rings (SSSR count). The third-order valence-electron chi connectivity index (χ3n) is 4.49. The summed E-state index contributed by atoms with van der Waals surface area (Å²) < 4.78 is 31.2. The summed E-state index contributed by atoms with van der Waals surface area (Å²) in [6, 6.07) is 5.23. The van der Waals surface area contributed by atoms with Crippen molar-refractivity contribution in [1.82, 2.24) is 13.8 Å². The normalized spacial score (nSPS) is 17.0. The van der Waals surface area contributed by atoms with Crippen molar-refractivity contribution in [2.24, 2.45) is 7.05 Å². The number of rotatable bonds is 3. The average molecular weight is 367 g/mol. The number of hydrogen-bond acceptors (Lipinski definition) is 5. The molecule has 0 unspecified atom stereocenters. The van der Waals surface area contributed by atoms with Gasteiger partial charge in [-0.25, -0.2) is 17.5 Å². The number of amides is 1. The molecule has 1 saturated heterocycles. The minimum Gasteiger partial charge on any atom is -0.408 e. The summed E-state index contributed by atoms with van der Waals surface area (Å²) >= 11 is 0. The zero-order valence-electron chi connectivity index (χ0n) is 14.3. The lowest BCUT2D eigenvalue weighted by Gasteiger charge is -2.21. The molecule has 136 valence electrons. The minimum absolute atomic E-state index is 0.0526. The molecule has 0 aliphatic carbocycles. The lowest BCUT2D eigenvalue weighted by molar-refractivity contribution is -0.130. The Balaban J connectivity index is 1.72. The molecular weight excluding hydrogens is 346 g/mol.